The summed E-state index contributed by atoms with van der Waals surface area (Å²) < 4.78 is 0. The van der Waals surface area contributed by atoms with E-state index >= 15 is 0 Å². The van der Waals surface area contributed by atoms with Crippen molar-refractivity contribution in [3.63, 3.8) is 0 Å². The molecule has 0 radical (unpaired) electrons. The molecule has 1 unspecified atom stereocenters. The molecule has 5 aliphatic carbocycles. The van der Waals surface area contributed by atoms with Crippen molar-refractivity contribution in [1.29, 1.82) is 0 Å². The number of aryl methyl sites for hydroxylation is 1. The molecule has 2 spiro atoms. The first-order valence-corrected chi connectivity index (χ1v) is 15.5. The van der Waals surface area contributed by atoms with Gasteiger partial charge < -0.3 is 0 Å². The van der Waals surface area contributed by atoms with Crippen LogP contribution < -0.4 is 0 Å². The summed E-state index contributed by atoms with van der Waals surface area (Å²) in [4.78, 5) is 0. The molecule has 40 heavy (non-hydrogen) atoms. The van der Waals surface area contributed by atoms with Gasteiger partial charge in [0.05, 0.1) is 0 Å². The van der Waals surface area contributed by atoms with E-state index in [2.05, 4.69) is 97.9 Å². The third-order valence-electron chi connectivity index (χ3n) is 11.2. The summed E-state index contributed by atoms with van der Waals surface area (Å²) >= 11 is 0. The van der Waals surface area contributed by atoms with Crippen LogP contribution in [0.4, 0.5) is 0 Å². The second kappa shape index (κ2) is 8.20. The second-order valence-corrected chi connectivity index (χ2v) is 13.2. The van der Waals surface area contributed by atoms with Gasteiger partial charge in [-0.25, -0.2) is 0 Å². The Morgan fingerprint density at radius 1 is 0.625 bits per heavy atom. The van der Waals surface area contributed by atoms with E-state index < -0.39 is 0 Å². The minimum Gasteiger partial charge on any atom is -0.0839 e. The van der Waals surface area contributed by atoms with E-state index in [1.807, 2.05) is 0 Å². The Morgan fingerprint density at radius 2 is 1.30 bits per heavy atom. The molecule has 0 saturated heterocycles. The highest BCUT2D eigenvalue weighted by Gasteiger charge is 2.49. The highest BCUT2D eigenvalue weighted by molar-refractivity contribution is 5.85. The molecule has 0 nitrogen and oxygen atoms in total. The molecule has 5 aliphatic rings. The van der Waals surface area contributed by atoms with Gasteiger partial charge >= 0.3 is 0 Å². The van der Waals surface area contributed by atoms with Crippen LogP contribution in [-0.2, 0) is 17.3 Å². The molecular formula is C40H36. The first-order valence-electron chi connectivity index (χ1n) is 15.5. The lowest BCUT2D eigenvalue weighted by Gasteiger charge is -2.31. The average molecular weight is 517 g/mol. The standard InChI is InChI=1S/C40H36/c1-26-12-15-31-32-16-13-27(24-37(32)39(36(31)22-26)19-6-7-20-39)23-28-14-17-33-30-9-3-5-11-35(30)40(38(33)25-28)21-18-29-8-2-4-10-34(29)40/h3-5,9-17,22,24-25H,2,6-8,18-21,23H2,1H3. The van der Waals surface area contributed by atoms with Crippen LogP contribution in [-0.4, -0.2) is 0 Å². The molecule has 4 aromatic rings. The zero-order valence-corrected chi connectivity index (χ0v) is 23.5. The molecule has 0 N–H and O–H groups in total. The zero-order valence-electron chi connectivity index (χ0n) is 23.5. The number of rotatable bonds is 2. The van der Waals surface area contributed by atoms with Gasteiger partial charge in [0.15, 0.2) is 0 Å². The van der Waals surface area contributed by atoms with Gasteiger partial charge in [-0.05, 0) is 113 Å². The summed E-state index contributed by atoms with van der Waals surface area (Å²) in [6.07, 6.45) is 16.1. The summed E-state index contributed by atoms with van der Waals surface area (Å²) in [5.41, 5.74) is 20.0. The van der Waals surface area contributed by atoms with E-state index in [1.54, 1.807) is 27.8 Å². The third kappa shape index (κ3) is 2.92. The van der Waals surface area contributed by atoms with Crippen LogP contribution in [0.1, 0.15) is 90.3 Å². The summed E-state index contributed by atoms with van der Waals surface area (Å²) in [7, 11) is 0. The van der Waals surface area contributed by atoms with Gasteiger partial charge in [-0.2, -0.15) is 0 Å². The van der Waals surface area contributed by atoms with Gasteiger partial charge in [0.2, 0.25) is 0 Å². The molecule has 4 aromatic carbocycles. The van der Waals surface area contributed by atoms with Crippen LogP contribution in [0.3, 0.4) is 0 Å². The van der Waals surface area contributed by atoms with Gasteiger partial charge in [-0.1, -0.05) is 115 Å². The summed E-state index contributed by atoms with van der Waals surface area (Å²) in [6, 6.07) is 31.3. The van der Waals surface area contributed by atoms with Crippen LogP contribution in [0, 0.1) is 6.92 Å². The Labute approximate surface area is 238 Å². The predicted molar refractivity (Wildman–Crippen MR) is 166 cm³/mol. The number of hydrogen-bond acceptors (Lipinski definition) is 0. The highest BCUT2D eigenvalue weighted by atomic mass is 14.5. The van der Waals surface area contributed by atoms with E-state index in [-0.39, 0.29) is 10.8 Å². The normalized spacial score (nSPS) is 22.5. The number of benzene rings is 4. The summed E-state index contributed by atoms with van der Waals surface area (Å²) in [5, 5.41) is 0. The SMILES string of the molecule is Cc1ccc2c(c1)C1(CCCC1)c1cc(Cc3ccc4c(c3)C3(CCC5=C3C=CCC5)c3ccccc3-4)ccc1-2. The predicted octanol–water partition coefficient (Wildman–Crippen LogP) is 10.1. The van der Waals surface area contributed by atoms with Crippen molar-refractivity contribution in [1.82, 2.24) is 0 Å². The first kappa shape index (κ1) is 23.1. The lowest BCUT2D eigenvalue weighted by molar-refractivity contribution is 0.549. The van der Waals surface area contributed by atoms with Crippen molar-refractivity contribution in [2.45, 2.75) is 75.5 Å². The molecule has 1 saturated carbocycles. The Bertz CT molecular complexity index is 1790. The fraction of sp³-hybridized carbons (Fsp3) is 0.300. The monoisotopic (exact) mass is 516 g/mol. The Kier molecular flexibility index (Phi) is 4.73. The van der Waals surface area contributed by atoms with Crippen LogP contribution in [0.15, 0.2) is 102 Å². The van der Waals surface area contributed by atoms with Crippen molar-refractivity contribution in [3.8, 4) is 22.3 Å². The second-order valence-electron chi connectivity index (χ2n) is 13.2. The Morgan fingerprint density at radius 3 is 2.12 bits per heavy atom. The highest BCUT2D eigenvalue weighted by Crippen LogP contribution is 2.61. The zero-order chi connectivity index (χ0) is 26.5. The molecule has 0 aliphatic heterocycles. The minimum absolute atomic E-state index is 0.0412. The summed E-state index contributed by atoms with van der Waals surface area (Å²) in [5.74, 6) is 0. The molecule has 0 amide bonds. The fourth-order valence-electron chi connectivity index (χ4n) is 9.49. The average Bonchev–Trinajstić information content (AvgIpc) is 3.75. The van der Waals surface area contributed by atoms with Gasteiger partial charge in [-0.3, -0.25) is 0 Å². The number of fused-ring (bicyclic) bond motifs is 11. The van der Waals surface area contributed by atoms with Crippen molar-refractivity contribution in [2.75, 3.05) is 0 Å². The lowest BCUT2D eigenvalue weighted by atomic mass is 9.71. The maximum atomic E-state index is 2.59. The van der Waals surface area contributed by atoms with Crippen LogP contribution >= 0.6 is 0 Å². The maximum Gasteiger partial charge on any atom is 0.0466 e. The van der Waals surface area contributed by atoms with E-state index in [4.69, 9.17) is 0 Å². The topological polar surface area (TPSA) is 0 Å². The largest absolute Gasteiger partial charge is 0.0839 e. The molecule has 0 heteroatoms. The van der Waals surface area contributed by atoms with Gasteiger partial charge in [0, 0.05) is 10.8 Å². The molecule has 196 valence electrons. The molecule has 1 atom stereocenters. The van der Waals surface area contributed by atoms with E-state index in [1.165, 1.54) is 95.9 Å². The van der Waals surface area contributed by atoms with Crippen LogP contribution in [0.25, 0.3) is 22.3 Å². The molecule has 0 aromatic heterocycles. The smallest absolute Gasteiger partial charge is 0.0466 e. The molecule has 0 heterocycles. The van der Waals surface area contributed by atoms with E-state index in [9.17, 15) is 0 Å². The van der Waals surface area contributed by atoms with Gasteiger partial charge in [-0.15, -0.1) is 0 Å². The first-order chi connectivity index (χ1) is 19.7. The number of allylic oxidation sites excluding steroid dienone is 4. The van der Waals surface area contributed by atoms with Crippen molar-refractivity contribution >= 4 is 0 Å². The van der Waals surface area contributed by atoms with Gasteiger partial charge in [0.25, 0.3) is 0 Å². The van der Waals surface area contributed by atoms with E-state index in [0.717, 1.165) is 6.42 Å². The van der Waals surface area contributed by atoms with Crippen molar-refractivity contribution in [2.24, 2.45) is 0 Å². The van der Waals surface area contributed by atoms with Crippen molar-refractivity contribution in [3.05, 3.63) is 141 Å². The fourth-order valence-corrected chi connectivity index (χ4v) is 9.49. The molecule has 1 fully saturated rings. The van der Waals surface area contributed by atoms with Gasteiger partial charge in [0.1, 0.15) is 0 Å². The number of hydrogen-bond donors (Lipinski definition) is 0. The quantitative estimate of drug-likeness (QED) is 0.249. The Balaban J connectivity index is 1.14. The van der Waals surface area contributed by atoms with Crippen molar-refractivity contribution < 1.29 is 0 Å². The van der Waals surface area contributed by atoms with E-state index in [0.29, 0.717) is 0 Å². The molecule has 0 bridgehead atoms. The van der Waals surface area contributed by atoms with Crippen LogP contribution in [0.5, 0.6) is 0 Å². The lowest BCUT2D eigenvalue weighted by Crippen LogP contribution is -2.24. The van der Waals surface area contributed by atoms with Crippen LogP contribution in [0.2, 0.25) is 0 Å². The Hall–Kier alpha value is -3.64. The molecule has 9 rings (SSSR count). The third-order valence-corrected chi connectivity index (χ3v) is 11.2. The molecular weight excluding hydrogens is 480 g/mol. The maximum absolute atomic E-state index is 2.59. The summed E-state index contributed by atoms with van der Waals surface area (Å²) in [6.45, 7) is 2.25. The minimum atomic E-state index is 0.0412.